The van der Waals surface area contributed by atoms with E-state index in [9.17, 15) is 10.5 Å². The molecule has 136 heavy (non-hydrogen) atoms. The fraction of sp³-hybridized carbons (Fsp3) is 0.0625. The normalized spacial score (nSPS) is 11.7. The summed E-state index contributed by atoms with van der Waals surface area (Å²) in [4.78, 5) is 10.8. The van der Waals surface area contributed by atoms with Gasteiger partial charge in [-0.1, -0.05) is 312 Å². The summed E-state index contributed by atoms with van der Waals surface area (Å²) < 4.78 is 9.78. The molecule has 642 valence electrons. The molecule has 0 aliphatic carbocycles. The third kappa shape index (κ3) is 14.0. The number of aryl methyl sites for hydroxylation is 8. The Balaban J connectivity index is 0.725. The molecule has 6 heterocycles. The number of pyridine rings is 2. The van der Waals surface area contributed by atoms with Crippen molar-refractivity contribution in [2.75, 3.05) is 0 Å². The minimum atomic E-state index is 0.571. The summed E-state index contributed by atoms with van der Waals surface area (Å²) in [5.41, 5.74) is 46.3. The van der Waals surface area contributed by atoms with Crippen molar-refractivity contribution in [2.45, 2.75) is 55.4 Å². The Morgan fingerprint density at radius 2 is 0.441 bits per heavy atom. The van der Waals surface area contributed by atoms with E-state index in [4.69, 9.17) is 9.97 Å². The van der Waals surface area contributed by atoms with E-state index in [-0.39, 0.29) is 0 Å². The van der Waals surface area contributed by atoms with E-state index in [0.717, 1.165) is 243 Å². The first-order valence-corrected chi connectivity index (χ1v) is 46.5. The fourth-order valence-electron chi connectivity index (χ4n) is 21.4. The third-order valence-electron chi connectivity index (χ3n) is 27.9. The highest BCUT2D eigenvalue weighted by molar-refractivity contribution is 6.20. The summed E-state index contributed by atoms with van der Waals surface area (Å²) in [6.45, 7) is 17.4. The quantitative estimate of drug-likeness (QED) is 0.102. The zero-order chi connectivity index (χ0) is 91.8. The van der Waals surface area contributed by atoms with Crippen LogP contribution in [0.2, 0.25) is 0 Å². The molecule has 0 aliphatic heterocycles. The maximum Gasteiger partial charge on any atom is 0.0991 e. The lowest BCUT2D eigenvalue weighted by atomic mass is 9.90. The third-order valence-corrected chi connectivity index (χ3v) is 27.9. The van der Waals surface area contributed by atoms with Gasteiger partial charge in [0.15, 0.2) is 0 Å². The van der Waals surface area contributed by atoms with Crippen molar-refractivity contribution in [3.8, 4) is 157 Å². The van der Waals surface area contributed by atoms with Crippen molar-refractivity contribution < 1.29 is 0 Å². The van der Waals surface area contributed by atoms with E-state index in [1.54, 1.807) is 0 Å². The van der Waals surface area contributed by atoms with Crippen LogP contribution in [0.15, 0.2) is 401 Å². The summed E-state index contributed by atoms with van der Waals surface area (Å²) in [6.07, 6.45) is 8.18. The molecule has 0 fully saturated rings. The first-order valence-electron chi connectivity index (χ1n) is 46.5. The van der Waals surface area contributed by atoms with Gasteiger partial charge in [-0.15, -0.1) is 0 Å². The minimum absolute atomic E-state index is 0.571. The zero-order valence-electron chi connectivity index (χ0n) is 76.7. The molecule has 18 aromatic carbocycles. The van der Waals surface area contributed by atoms with Gasteiger partial charge in [-0.2, -0.15) is 10.5 Å². The molecule has 0 bridgehead atoms. The Morgan fingerprint density at radius 1 is 0.191 bits per heavy atom. The van der Waals surface area contributed by atoms with Gasteiger partial charge >= 0.3 is 0 Å². The molecule has 6 aromatic heterocycles. The van der Waals surface area contributed by atoms with Crippen LogP contribution in [0.25, 0.3) is 232 Å². The largest absolute Gasteiger partial charge is 0.307 e. The van der Waals surface area contributed by atoms with Crippen molar-refractivity contribution in [2.24, 2.45) is 0 Å². The van der Waals surface area contributed by atoms with Gasteiger partial charge in [-0.3, -0.25) is 9.97 Å². The smallest absolute Gasteiger partial charge is 0.0991 e. The van der Waals surface area contributed by atoms with Gasteiger partial charge in [0, 0.05) is 54.2 Å². The summed E-state index contributed by atoms with van der Waals surface area (Å²) in [6, 6.07) is 143. The van der Waals surface area contributed by atoms with Crippen LogP contribution >= 0.6 is 0 Å². The summed E-state index contributed by atoms with van der Waals surface area (Å²) in [7, 11) is 0. The summed E-state index contributed by atoms with van der Waals surface area (Å²) in [5.74, 6) is 0. The van der Waals surface area contributed by atoms with Crippen LogP contribution in [0.1, 0.15) is 55.6 Å². The zero-order valence-corrected chi connectivity index (χ0v) is 76.7. The second-order valence-electron chi connectivity index (χ2n) is 37.0. The van der Waals surface area contributed by atoms with E-state index < -0.39 is 0 Å². The van der Waals surface area contributed by atoms with Gasteiger partial charge in [0.05, 0.1) is 115 Å². The van der Waals surface area contributed by atoms with Crippen molar-refractivity contribution in [1.29, 1.82) is 10.5 Å². The molecule has 0 aliphatic rings. The molecular weight excluding hydrogens is 1650 g/mol. The van der Waals surface area contributed by atoms with E-state index >= 15 is 0 Å². The number of hydrogen-bond donors (Lipinski definition) is 0. The second-order valence-corrected chi connectivity index (χ2v) is 37.0. The van der Waals surface area contributed by atoms with Crippen molar-refractivity contribution in [3.63, 3.8) is 0 Å². The topological polar surface area (TPSA) is 93.1 Å². The van der Waals surface area contributed by atoms with Crippen LogP contribution in [0.4, 0.5) is 0 Å². The molecule has 24 rings (SSSR count). The summed E-state index contributed by atoms with van der Waals surface area (Å²) in [5, 5.41) is 29.9. The predicted molar refractivity (Wildman–Crippen MR) is 567 cm³/mol. The van der Waals surface area contributed by atoms with Gasteiger partial charge < -0.3 is 18.3 Å². The lowest BCUT2D eigenvalue weighted by Crippen LogP contribution is -2.05. The van der Waals surface area contributed by atoms with Gasteiger partial charge in [0.2, 0.25) is 0 Å². The van der Waals surface area contributed by atoms with E-state index in [1.165, 1.54) is 33.4 Å². The van der Waals surface area contributed by atoms with E-state index in [0.29, 0.717) is 11.1 Å². The van der Waals surface area contributed by atoms with Crippen molar-refractivity contribution in [1.82, 2.24) is 28.2 Å². The lowest BCUT2D eigenvalue weighted by Gasteiger charge is -2.20. The highest BCUT2D eigenvalue weighted by atomic mass is 15.1. The van der Waals surface area contributed by atoms with Crippen LogP contribution in [-0.4, -0.2) is 28.2 Å². The molecule has 0 N–H and O–H groups in total. The molecule has 0 amide bonds. The number of nitrogens with zero attached hydrogens (tertiary/aromatic N) is 8. The number of aromatic nitrogens is 6. The molecular formula is C128H90N8. The molecule has 0 saturated carbocycles. The van der Waals surface area contributed by atoms with Gasteiger partial charge in [0.25, 0.3) is 0 Å². The Hall–Kier alpha value is -17.6. The monoisotopic (exact) mass is 1740 g/mol. The molecule has 0 saturated heterocycles. The Kier molecular flexibility index (Phi) is 19.7. The SMILES string of the molecule is Cc1cccc(-c2ccc3c(c2)c2cc(-c4cccc(C)c4)ccc2n3-c2cncc(-n3c4ccc(-c5cccc(C)c5)cc4c4cc(-c5ccc(-c6cc(-c7cccc(C)c7)cc7c6c6ccc(-c8cccc(C)c8)cc6n7-c6cncc(-n7c8cc(-c9cccc(C)c9)ccc8c8ccc(-c9cccc(C)c9)cc87)c6-c6ccc(C#N)cc6)c(C)c5)ccc43)c2-c2ccc(C#N)cc2)c1. The first-order chi connectivity index (χ1) is 66.5. The number of hydrogen-bond acceptors (Lipinski definition) is 4. The fourth-order valence-corrected chi connectivity index (χ4v) is 21.4. The molecule has 0 unspecified atom stereocenters. The molecule has 8 nitrogen and oxygen atoms in total. The van der Waals surface area contributed by atoms with Crippen LogP contribution in [0, 0.1) is 78.1 Å². The standard InChI is InChI=1S/C128H90N8/c1-77-16-9-23-89(54-77)97-42-50-114-109(62-97)110-63-98(90-24-10-17-78(2)55-90)43-51-115(110)133(114)122-73-131-74-123(126(122)87-34-30-85(71-129)31-35-87)134-116-52-44-99(91-25-11-18-79(3)56-91)64-111(116)112-65-100(45-53-117(112)134)96-38-46-105(84(8)61-96)113-66-104(95-29-15-22-83(7)60-95)70-121-128(113)108-49-41-103(94-28-14-21-82(6)59-94)69-120(108)136(121)125-76-132-75-124(127(125)88-36-32-86(72-130)33-37-88)135-118-67-101(92-26-12-19-80(4)57-92)39-47-106(118)107-48-40-102(68-119(107)135)93-27-13-20-81(5)58-93/h9-70,73-76H,1-8H3. The van der Waals surface area contributed by atoms with Crippen LogP contribution in [0.5, 0.6) is 0 Å². The van der Waals surface area contributed by atoms with Crippen molar-refractivity contribution in [3.05, 3.63) is 457 Å². The maximum atomic E-state index is 10.6. The van der Waals surface area contributed by atoms with Crippen molar-refractivity contribution >= 4 is 87.2 Å². The molecule has 8 heteroatoms. The first kappa shape index (κ1) is 81.7. The lowest BCUT2D eigenvalue weighted by molar-refractivity contribution is 1.09. The highest BCUT2D eigenvalue weighted by Crippen LogP contribution is 2.51. The number of rotatable bonds is 15. The van der Waals surface area contributed by atoms with Crippen LogP contribution in [0.3, 0.4) is 0 Å². The molecule has 0 spiro atoms. The summed E-state index contributed by atoms with van der Waals surface area (Å²) >= 11 is 0. The van der Waals surface area contributed by atoms with E-state index in [2.05, 4.69) is 450 Å². The predicted octanol–water partition coefficient (Wildman–Crippen LogP) is 33.4. The van der Waals surface area contributed by atoms with Gasteiger partial charge in [-0.25, -0.2) is 0 Å². The minimum Gasteiger partial charge on any atom is -0.307 e. The average Bonchev–Trinajstić information content (AvgIpc) is 1.55. The van der Waals surface area contributed by atoms with Crippen LogP contribution in [-0.2, 0) is 0 Å². The van der Waals surface area contributed by atoms with Gasteiger partial charge in [-0.05, 0) is 275 Å². The number of nitriles is 2. The maximum absolute atomic E-state index is 10.6. The van der Waals surface area contributed by atoms with Gasteiger partial charge in [0.1, 0.15) is 0 Å². The number of fused-ring (bicyclic) bond motifs is 12. The second kappa shape index (κ2) is 32.8. The Morgan fingerprint density at radius 3 is 0.757 bits per heavy atom. The average molecular weight is 1740 g/mol. The number of benzene rings is 18. The Labute approximate surface area is 789 Å². The Bertz CT molecular complexity index is 9020. The van der Waals surface area contributed by atoms with Crippen LogP contribution < -0.4 is 0 Å². The highest BCUT2D eigenvalue weighted by Gasteiger charge is 2.30. The molecule has 0 radical (unpaired) electrons. The van der Waals surface area contributed by atoms with E-state index in [1.807, 2.05) is 36.7 Å². The molecule has 0 atom stereocenters. The molecule has 24 aromatic rings.